The Kier molecular flexibility index (Phi) is 6.50. The van der Waals surface area contributed by atoms with Gasteiger partial charge in [0.25, 0.3) is 0 Å². The first-order chi connectivity index (χ1) is 13.7. The van der Waals surface area contributed by atoms with E-state index >= 15 is 0 Å². The van der Waals surface area contributed by atoms with Gasteiger partial charge >= 0.3 is 0 Å². The maximum absolute atomic E-state index is 13.3. The molecule has 1 aliphatic rings. The van der Waals surface area contributed by atoms with Gasteiger partial charge in [0, 0.05) is 31.6 Å². The molecule has 29 heavy (non-hydrogen) atoms. The fourth-order valence-corrected chi connectivity index (χ4v) is 4.93. The van der Waals surface area contributed by atoms with Gasteiger partial charge in [-0.05, 0) is 48.7 Å². The highest BCUT2D eigenvalue weighted by atomic mass is 35.5. The molecule has 1 saturated heterocycles. The van der Waals surface area contributed by atoms with Gasteiger partial charge in [-0.3, -0.25) is 4.79 Å². The Bertz CT molecular complexity index is 1010. The number of rotatable bonds is 5. The molecule has 1 N–H and O–H groups in total. The van der Waals surface area contributed by atoms with Gasteiger partial charge in [-0.25, -0.2) is 21.6 Å². The summed E-state index contributed by atoms with van der Waals surface area (Å²) in [5, 5.41) is 2.34. The van der Waals surface area contributed by atoms with Crippen molar-refractivity contribution in [3.05, 3.63) is 64.4 Å². The number of piperidine rings is 1. The zero-order valence-corrected chi connectivity index (χ0v) is 16.7. The second-order valence-electron chi connectivity index (χ2n) is 6.75. The first kappa shape index (κ1) is 21.6. The molecule has 0 bridgehead atoms. The molecule has 1 aliphatic heterocycles. The van der Waals surface area contributed by atoms with Crippen molar-refractivity contribution >= 4 is 27.5 Å². The van der Waals surface area contributed by atoms with Gasteiger partial charge in [0.05, 0.1) is 9.92 Å². The lowest BCUT2D eigenvalue weighted by Crippen LogP contribution is -2.42. The van der Waals surface area contributed by atoms with Gasteiger partial charge < -0.3 is 5.32 Å². The first-order valence-electron chi connectivity index (χ1n) is 8.84. The molecule has 0 radical (unpaired) electrons. The normalized spacial score (nSPS) is 16.0. The van der Waals surface area contributed by atoms with Crippen molar-refractivity contribution < 1.29 is 26.4 Å². The third kappa shape index (κ3) is 5.09. The molecule has 3 rings (SSSR count). The summed E-state index contributed by atoms with van der Waals surface area (Å²) in [7, 11) is -3.85. The van der Waals surface area contributed by atoms with E-state index in [1.54, 1.807) is 0 Å². The van der Waals surface area contributed by atoms with Crippen molar-refractivity contribution in [3.8, 4) is 0 Å². The van der Waals surface area contributed by atoms with Crippen LogP contribution in [-0.2, 0) is 21.4 Å². The highest BCUT2D eigenvalue weighted by Crippen LogP contribution is 2.26. The van der Waals surface area contributed by atoms with Crippen LogP contribution in [0.5, 0.6) is 0 Å². The van der Waals surface area contributed by atoms with E-state index in [-0.39, 0.29) is 48.3 Å². The summed E-state index contributed by atoms with van der Waals surface area (Å²) in [4.78, 5) is 12.2. The second-order valence-corrected chi connectivity index (χ2v) is 9.09. The molecule has 2 aromatic carbocycles. The topological polar surface area (TPSA) is 66.5 Å². The summed E-state index contributed by atoms with van der Waals surface area (Å²) >= 11 is 5.67. The minimum Gasteiger partial charge on any atom is -0.352 e. The average molecular weight is 447 g/mol. The number of carbonyl (C=O) groups is 1. The predicted molar refractivity (Wildman–Crippen MR) is 101 cm³/mol. The van der Waals surface area contributed by atoms with Gasteiger partial charge in [-0.2, -0.15) is 4.31 Å². The van der Waals surface area contributed by atoms with Gasteiger partial charge in [0.2, 0.25) is 15.9 Å². The molecule has 2 aromatic rings. The van der Waals surface area contributed by atoms with Crippen molar-refractivity contribution in [2.45, 2.75) is 24.3 Å². The van der Waals surface area contributed by atoms with E-state index in [0.29, 0.717) is 5.56 Å². The Hall–Kier alpha value is -2.10. The fourth-order valence-electron chi connectivity index (χ4n) is 3.19. The summed E-state index contributed by atoms with van der Waals surface area (Å²) in [5.41, 5.74) is 0.295. The SMILES string of the molecule is O=C(NCc1cc(F)cc(F)c1)C1CCN(S(=O)(=O)c2ccc(F)c(Cl)c2)CC1. The molecule has 1 amide bonds. The van der Waals surface area contributed by atoms with Crippen LogP contribution in [0, 0.1) is 23.4 Å². The van der Waals surface area contributed by atoms with Crippen LogP contribution in [0.1, 0.15) is 18.4 Å². The molecule has 1 heterocycles. The van der Waals surface area contributed by atoms with Crippen LogP contribution in [0.4, 0.5) is 13.2 Å². The first-order valence-corrected chi connectivity index (χ1v) is 10.7. The Morgan fingerprint density at radius 3 is 2.28 bits per heavy atom. The highest BCUT2D eigenvalue weighted by molar-refractivity contribution is 7.89. The van der Waals surface area contributed by atoms with E-state index in [2.05, 4.69) is 5.32 Å². The number of nitrogens with zero attached hydrogens (tertiary/aromatic N) is 1. The summed E-state index contributed by atoms with van der Waals surface area (Å²) in [6, 6.07) is 6.20. The van der Waals surface area contributed by atoms with E-state index in [4.69, 9.17) is 11.6 Å². The predicted octanol–water partition coefficient (Wildman–Crippen LogP) is 3.47. The zero-order chi connectivity index (χ0) is 21.2. The molecule has 156 valence electrons. The van der Waals surface area contributed by atoms with Crippen LogP contribution in [-0.4, -0.2) is 31.7 Å². The van der Waals surface area contributed by atoms with Crippen LogP contribution in [0.25, 0.3) is 0 Å². The minimum atomic E-state index is -3.85. The molecule has 0 aliphatic carbocycles. The van der Waals surface area contributed by atoms with E-state index in [1.807, 2.05) is 0 Å². The minimum absolute atomic E-state index is 0.0277. The maximum Gasteiger partial charge on any atom is 0.243 e. The molecular weight excluding hydrogens is 429 g/mol. The molecule has 0 unspecified atom stereocenters. The molecule has 5 nitrogen and oxygen atoms in total. The highest BCUT2D eigenvalue weighted by Gasteiger charge is 2.32. The number of sulfonamides is 1. The number of hydrogen-bond acceptors (Lipinski definition) is 3. The van der Waals surface area contributed by atoms with E-state index in [0.717, 1.165) is 36.4 Å². The lowest BCUT2D eigenvalue weighted by Gasteiger charge is -2.30. The van der Waals surface area contributed by atoms with E-state index in [9.17, 15) is 26.4 Å². The number of halogens is 4. The third-order valence-electron chi connectivity index (χ3n) is 4.74. The van der Waals surface area contributed by atoms with Crippen molar-refractivity contribution in [2.24, 2.45) is 5.92 Å². The van der Waals surface area contributed by atoms with Gasteiger partial charge in [-0.1, -0.05) is 11.6 Å². The Morgan fingerprint density at radius 2 is 1.69 bits per heavy atom. The van der Waals surface area contributed by atoms with E-state index in [1.165, 1.54) is 4.31 Å². The summed E-state index contributed by atoms with van der Waals surface area (Å²) < 4.78 is 66.3. The quantitative estimate of drug-likeness (QED) is 0.764. The lowest BCUT2D eigenvalue weighted by molar-refractivity contribution is -0.126. The van der Waals surface area contributed by atoms with Crippen molar-refractivity contribution in [1.82, 2.24) is 9.62 Å². The summed E-state index contributed by atoms with van der Waals surface area (Å²) in [6.45, 7) is 0.203. The van der Waals surface area contributed by atoms with Crippen LogP contribution in [0.2, 0.25) is 5.02 Å². The molecular formula is C19H18ClF3N2O3S. The molecule has 0 spiro atoms. The molecule has 0 saturated carbocycles. The monoisotopic (exact) mass is 446 g/mol. The lowest BCUT2D eigenvalue weighted by atomic mass is 9.97. The van der Waals surface area contributed by atoms with Crippen molar-refractivity contribution in [3.63, 3.8) is 0 Å². The molecule has 10 heteroatoms. The molecule has 1 fully saturated rings. The van der Waals surface area contributed by atoms with Crippen molar-refractivity contribution in [2.75, 3.05) is 13.1 Å². The van der Waals surface area contributed by atoms with Crippen LogP contribution < -0.4 is 5.32 Å². The van der Waals surface area contributed by atoms with Crippen LogP contribution in [0.15, 0.2) is 41.3 Å². The van der Waals surface area contributed by atoms with Gasteiger partial charge in [0.15, 0.2) is 0 Å². The standard InChI is InChI=1S/C19H18ClF3N2O3S/c20-17-10-16(1-2-18(17)23)29(27,28)25-5-3-13(4-6-25)19(26)24-11-12-7-14(21)9-15(22)8-12/h1-2,7-10,13H,3-6,11H2,(H,24,26). The number of nitrogens with one attached hydrogen (secondary N) is 1. The number of benzene rings is 2. The summed E-state index contributed by atoms with van der Waals surface area (Å²) in [6.07, 6.45) is 0.578. The van der Waals surface area contributed by atoms with E-state index < -0.39 is 33.4 Å². The van der Waals surface area contributed by atoms with Gasteiger partial charge in [-0.15, -0.1) is 0 Å². The molecule has 0 atom stereocenters. The maximum atomic E-state index is 13.3. The third-order valence-corrected chi connectivity index (χ3v) is 6.93. The largest absolute Gasteiger partial charge is 0.352 e. The second kappa shape index (κ2) is 8.73. The van der Waals surface area contributed by atoms with Crippen molar-refractivity contribution in [1.29, 1.82) is 0 Å². The Morgan fingerprint density at radius 1 is 1.07 bits per heavy atom. The summed E-state index contributed by atoms with van der Waals surface area (Å²) in [5.74, 6) is -2.89. The Balaban J connectivity index is 1.58. The molecule has 0 aromatic heterocycles. The Labute approximate surface area is 171 Å². The fraction of sp³-hybridized carbons (Fsp3) is 0.316. The number of amides is 1. The smallest absolute Gasteiger partial charge is 0.243 e. The van der Waals surface area contributed by atoms with Crippen LogP contribution in [0.3, 0.4) is 0 Å². The number of carbonyl (C=O) groups excluding carboxylic acids is 1. The zero-order valence-electron chi connectivity index (χ0n) is 15.2. The number of hydrogen-bond donors (Lipinski definition) is 1. The van der Waals surface area contributed by atoms with Gasteiger partial charge in [0.1, 0.15) is 17.5 Å². The van der Waals surface area contributed by atoms with Crippen LogP contribution >= 0.6 is 11.6 Å². The average Bonchev–Trinajstić information content (AvgIpc) is 2.67.